The van der Waals surface area contributed by atoms with E-state index in [4.69, 9.17) is 5.21 Å². The molecule has 5 heteroatoms. The summed E-state index contributed by atoms with van der Waals surface area (Å²) in [5, 5.41) is 24.2. The highest BCUT2D eigenvalue weighted by Gasteiger charge is 2.11. The molecule has 0 radical (unpaired) electrons. The number of phenols is 1. The lowest BCUT2D eigenvalue weighted by Crippen LogP contribution is -2.12. The molecular weight excluding hydrogens is 268 g/mol. The van der Waals surface area contributed by atoms with Crippen molar-refractivity contribution in [1.29, 1.82) is 0 Å². The van der Waals surface area contributed by atoms with Crippen LogP contribution >= 0.6 is 0 Å². The van der Waals surface area contributed by atoms with Gasteiger partial charge in [0, 0.05) is 5.69 Å². The Morgan fingerprint density at radius 2 is 1.81 bits per heavy atom. The minimum atomic E-state index is -0.378. The standard InChI is InChI=1S/C16H16N2O3/c1-10-3-8-15(19)14(9-10)16(20)17-13-6-4-12(5-7-13)11(2)18-21/h3-9,19,21H,1-2H3,(H,17,20)/b18-11+. The minimum Gasteiger partial charge on any atom is -0.507 e. The molecule has 0 spiro atoms. The first kappa shape index (κ1) is 14.6. The monoisotopic (exact) mass is 284 g/mol. The van der Waals surface area contributed by atoms with Crippen LogP contribution in [0.2, 0.25) is 0 Å². The molecule has 0 fully saturated rings. The van der Waals surface area contributed by atoms with Crippen molar-refractivity contribution in [3.05, 3.63) is 59.2 Å². The zero-order valence-electron chi connectivity index (χ0n) is 11.8. The molecule has 0 bridgehead atoms. The quantitative estimate of drug-likeness (QED) is 0.460. The fraction of sp³-hybridized carbons (Fsp3) is 0.125. The van der Waals surface area contributed by atoms with Crippen LogP contribution in [0.4, 0.5) is 5.69 Å². The predicted molar refractivity (Wildman–Crippen MR) is 81.2 cm³/mol. The number of nitrogens with zero attached hydrogens (tertiary/aromatic N) is 1. The molecule has 0 aliphatic carbocycles. The van der Waals surface area contributed by atoms with E-state index in [1.165, 1.54) is 6.07 Å². The normalized spacial score (nSPS) is 11.2. The zero-order valence-corrected chi connectivity index (χ0v) is 11.8. The smallest absolute Gasteiger partial charge is 0.259 e. The molecule has 5 nitrogen and oxygen atoms in total. The maximum Gasteiger partial charge on any atom is 0.259 e. The van der Waals surface area contributed by atoms with Crippen LogP contribution in [0.3, 0.4) is 0 Å². The highest BCUT2D eigenvalue weighted by atomic mass is 16.4. The number of oxime groups is 1. The van der Waals surface area contributed by atoms with E-state index in [1.807, 2.05) is 6.92 Å². The van der Waals surface area contributed by atoms with Gasteiger partial charge in [-0.15, -0.1) is 0 Å². The van der Waals surface area contributed by atoms with Gasteiger partial charge in [-0.05, 0) is 43.7 Å². The third kappa shape index (κ3) is 3.39. The average molecular weight is 284 g/mol. The number of aromatic hydroxyl groups is 1. The number of hydrogen-bond acceptors (Lipinski definition) is 4. The molecule has 0 atom stereocenters. The Morgan fingerprint density at radius 3 is 2.43 bits per heavy atom. The van der Waals surface area contributed by atoms with Gasteiger partial charge in [-0.25, -0.2) is 0 Å². The summed E-state index contributed by atoms with van der Waals surface area (Å²) >= 11 is 0. The van der Waals surface area contributed by atoms with Crippen molar-refractivity contribution < 1.29 is 15.1 Å². The highest BCUT2D eigenvalue weighted by Crippen LogP contribution is 2.20. The Morgan fingerprint density at radius 1 is 1.14 bits per heavy atom. The van der Waals surface area contributed by atoms with E-state index in [2.05, 4.69) is 10.5 Å². The van der Waals surface area contributed by atoms with Gasteiger partial charge in [0.05, 0.1) is 11.3 Å². The van der Waals surface area contributed by atoms with Crippen LogP contribution in [0, 0.1) is 6.92 Å². The summed E-state index contributed by atoms with van der Waals surface area (Å²) in [4.78, 5) is 12.1. The number of nitrogens with one attached hydrogen (secondary N) is 1. The molecule has 0 aromatic heterocycles. The third-order valence-corrected chi connectivity index (χ3v) is 3.11. The van der Waals surface area contributed by atoms with Crippen LogP contribution in [0.25, 0.3) is 0 Å². The predicted octanol–water partition coefficient (Wildman–Crippen LogP) is 3.15. The number of phenolic OH excluding ortho intramolecular Hbond substituents is 1. The Kier molecular flexibility index (Phi) is 4.23. The van der Waals surface area contributed by atoms with Gasteiger partial charge in [-0.1, -0.05) is 28.9 Å². The van der Waals surface area contributed by atoms with Crippen molar-refractivity contribution in [1.82, 2.24) is 0 Å². The van der Waals surface area contributed by atoms with Crippen LogP contribution in [-0.2, 0) is 0 Å². The maximum absolute atomic E-state index is 12.1. The minimum absolute atomic E-state index is 0.0574. The van der Waals surface area contributed by atoms with Crippen molar-refractivity contribution in [3.63, 3.8) is 0 Å². The summed E-state index contributed by atoms with van der Waals surface area (Å²) < 4.78 is 0. The number of rotatable bonds is 3. The Bertz CT molecular complexity index is 691. The summed E-state index contributed by atoms with van der Waals surface area (Å²) in [6.07, 6.45) is 0. The Hall–Kier alpha value is -2.82. The van der Waals surface area contributed by atoms with Gasteiger partial charge >= 0.3 is 0 Å². The van der Waals surface area contributed by atoms with Crippen LogP contribution in [0.5, 0.6) is 5.75 Å². The van der Waals surface area contributed by atoms with Crippen LogP contribution in [0.15, 0.2) is 47.6 Å². The van der Waals surface area contributed by atoms with E-state index < -0.39 is 0 Å². The lowest BCUT2D eigenvalue weighted by Gasteiger charge is -2.08. The van der Waals surface area contributed by atoms with Crippen molar-refractivity contribution in [2.45, 2.75) is 13.8 Å². The first-order valence-electron chi connectivity index (χ1n) is 6.41. The van der Waals surface area contributed by atoms with E-state index >= 15 is 0 Å². The van der Waals surface area contributed by atoms with Crippen molar-refractivity contribution in [2.24, 2.45) is 5.16 Å². The lowest BCUT2D eigenvalue weighted by atomic mass is 10.1. The molecule has 2 aromatic rings. The van der Waals surface area contributed by atoms with Gasteiger partial charge in [0.15, 0.2) is 0 Å². The van der Waals surface area contributed by atoms with Crippen molar-refractivity contribution in [2.75, 3.05) is 5.32 Å². The van der Waals surface area contributed by atoms with E-state index in [1.54, 1.807) is 43.3 Å². The number of anilines is 1. The van der Waals surface area contributed by atoms with Crippen LogP contribution < -0.4 is 5.32 Å². The molecule has 108 valence electrons. The molecular formula is C16H16N2O3. The molecule has 0 saturated heterocycles. The molecule has 21 heavy (non-hydrogen) atoms. The SMILES string of the molecule is C/C(=N\O)c1ccc(NC(=O)c2cc(C)ccc2O)cc1. The number of aryl methyl sites for hydroxylation is 1. The number of carbonyl (C=O) groups excluding carboxylic acids is 1. The summed E-state index contributed by atoms with van der Waals surface area (Å²) in [7, 11) is 0. The Labute approximate surface area is 122 Å². The van der Waals surface area contributed by atoms with E-state index in [-0.39, 0.29) is 17.2 Å². The van der Waals surface area contributed by atoms with Gasteiger partial charge < -0.3 is 15.6 Å². The molecule has 0 heterocycles. The van der Waals surface area contributed by atoms with Gasteiger partial charge in [-0.3, -0.25) is 4.79 Å². The number of hydrogen-bond donors (Lipinski definition) is 3. The van der Waals surface area contributed by atoms with Gasteiger partial charge in [0.1, 0.15) is 5.75 Å². The zero-order chi connectivity index (χ0) is 15.4. The average Bonchev–Trinajstić information content (AvgIpc) is 2.49. The maximum atomic E-state index is 12.1. The third-order valence-electron chi connectivity index (χ3n) is 3.11. The molecule has 3 N–H and O–H groups in total. The number of benzene rings is 2. The largest absolute Gasteiger partial charge is 0.507 e. The number of carbonyl (C=O) groups is 1. The van der Waals surface area contributed by atoms with Crippen molar-refractivity contribution in [3.8, 4) is 5.75 Å². The highest BCUT2D eigenvalue weighted by molar-refractivity contribution is 6.06. The van der Waals surface area contributed by atoms with Crippen LogP contribution in [-0.4, -0.2) is 21.9 Å². The number of amides is 1. The van der Waals surface area contributed by atoms with Gasteiger partial charge in [0.25, 0.3) is 5.91 Å². The molecule has 2 aromatic carbocycles. The van der Waals surface area contributed by atoms with E-state index in [9.17, 15) is 9.90 Å². The molecule has 2 rings (SSSR count). The molecule has 0 saturated carbocycles. The second-order valence-electron chi connectivity index (χ2n) is 4.74. The molecule has 0 aliphatic rings. The van der Waals surface area contributed by atoms with E-state index in [0.717, 1.165) is 11.1 Å². The van der Waals surface area contributed by atoms with Gasteiger partial charge in [-0.2, -0.15) is 0 Å². The molecule has 1 amide bonds. The molecule has 0 aliphatic heterocycles. The fourth-order valence-electron chi connectivity index (χ4n) is 1.88. The lowest BCUT2D eigenvalue weighted by molar-refractivity contribution is 0.102. The van der Waals surface area contributed by atoms with Gasteiger partial charge in [0.2, 0.25) is 0 Å². The first-order valence-corrected chi connectivity index (χ1v) is 6.41. The Balaban J connectivity index is 2.18. The fourth-order valence-corrected chi connectivity index (χ4v) is 1.88. The van der Waals surface area contributed by atoms with Crippen molar-refractivity contribution >= 4 is 17.3 Å². The first-order chi connectivity index (χ1) is 10.0. The van der Waals surface area contributed by atoms with E-state index in [0.29, 0.717) is 11.4 Å². The van der Waals surface area contributed by atoms with Crippen LogP contribution in [0.1, 0.15) is 28.4 Å². The summed E-state index contributed by atoms with van der Waals surface area (Å²) in [5.74, 6) is -0.436. The molecule has 0 unspecified atom stereocenters. The second kappa shape index (κ2) is 6.09. The topological polar surface area (TPSA) is 81.9 Å². The summed E-state index contributed by atoms with van der Waals surface area (Å²) in [6.45, 7) is 3.53. The summed E-state index contributed by atoms with van der Waals surface area (Å²) in [6, 6.07) is 11.7. The second-order valence-corrected chi connectivity index (χ2v) is 4.74. The summed E-state index contributed by atoms with van der Waals surface area (Å²) in [5.41, 5.74) is 2.96.